The van der Waals surface area contributed by atoms with Crippen LogP contribution in [0.5, 0.6) is 0 Å². The fraction of sp³-hybridized carbons (Fsp3) is 0.900. The number of carbonyl (C=O) groups is 1. The maximum absolute atomic E-state index is 11.2. The minimum absolute atomic E-state index is 0.0714. The van der Waals surface area contributed by atoms with Crippen molar-refractivity contribution in [3.63, 3.8) is 0 Å². The highest BCUT2D eigenvalue weighted by atomic mass is 16.3. The molecule has 1 aliphatic heterocycles. The van der Waals surface area contributed by atoms with Crippen molar-refractivity contribution in [2.45, 2.75) is 50.8 Å². The summed E-state index contributed by atoms with van der Waals surface area (Å²) in [6.07, 6.45) is 2.07. The van der Waals surface area contributed by atoms with Crippen LogP contribution in [0.25, 0.3) is 0 Å². The number of piperidine rings is 1. The lowest BCUT2D eigenvalue weighted by atomic mass is 9.93. The lowest BCUT2D eigenvalue weighted by molar-refractivity contribution is -0.119. The minimum Gasteiger partial charge on any atom is -0.395 e. The van der Waals surface area contributed by atoms with Gasteiger partial charge in [0.2, 0.25) is 0 Å². The lowest BCUT2D eigenvalue weighted by Gasteiger charge is -2.33. The molecule has 0 aromatic carbocycles. The molecule has 1 saturated heterocycles. The summed E-state index contributed by atoms with van der Waals surface area (Å²) in [4.78, 5) is 11.2. The van der Waals surface area contributed by atoms with E-state index in [-0.39, 0.29) is 24.5 Å². The Bertz CT molecular complexity index is 196. The number of Topliss-reactive ketones (excluding diaryl/α,β-unsaturated/α-hetero) is 1. The summed E-state index contributed by atoms with van der Waals surface area (Å²) in [6, 6.07) is -0.138. The van der Waals surface area contributed by atoms with E-state index in [1.807, 2.05) is 6.92 Å². The molecule has 0 bridgehead atoms. The van der Waals surface area contributed by atoms with Crippen molar-refractivity contribution in [3.8, 4) is 0 Å². The molecule has 4 nitrogen and oxygen atoms in total. The molecule has 3 N–H and O–H groups in total. The number of hydrogen-bond donors (Lipinski definition) is 3. The van der Waals surface area contributed by atoms with Gasteiger partial charge in [-0.2, -0.15) is 0 Å². The van der Waals surface area contributed by atoms with E-state index in [9.17, 15) is 9.90 Å². The molecule has 14 heavy (non-hydrogen) atoms. The van der Waals surface area contributed by atoms with E-state index in [2.05, 4.69) is 5.32 Å². The van der Waals surface area contributed by atoms with Gasteiger partial charge in [-0.05, 0) is 12.8 Å². The maximum atomic E-state index is 11.2. The predicted octanol–water partition coefficient (Wildman–Crippen LogP) is -0.171. The van der Waals surface area contributed by atoms with E-state index >= 15 is 0 Å². The van der Waals surface area contributed by atoms with E-state index in [1.165, 1.54) is 0 Å². The molecule has 0 saturated carbocycles. The van der Waals surface area contributed by atoms with Gasteiger partial charge < -0.3 is 15.5 Å². The highest BCUT2D eigenvalue weighted by Crippen LogP contribution is 2.16. The number of aliphatic hydroxyl groups is 2. The molecular weight excluding hydrogens is 182 g/mol. The third-order valence-corrected chi connectivity index (χ3v) is 2.79. The molecule has 82 valence electrons. The predicted molar refractivity (Wildman–Crippen MR) is 53.0 cm³/mol. The van der Waals surface area contributed by atoms with Crippen LogP contribution in [0.2, 0.25) is 0 Å². The zero-order chi connectivity index (χ0) is 10.6. The quantitative estimate of drug-likeness (QED) is 0.590. The fourth-order valence-electron chi connectivity index (χ4n) is 1.82. The van der Waals surface area contributed by atoms with Crippen LogP contribution in [-0.2, 0) is 4.79 Å². The van der Waals surface area contributed by atoms with Crippen molar-refractivity contribution in [3.05, 3.63) is 0 Å². The summed E-state index contributed by atoms with van der Waals surface area (Å²) in [6.45, 7) is 1.78. The molecule has 1 heterocycles. The number of nitrogens with one attached hydrogen (secondary N) is 1. The van der Waals surface area contributed by atoms with Crippen LogP contribution in [-0.4, -0.2) is 40.8 Å². The van der Waals surface area contributed by atoms with Crippen molar-refractivity contribution in [1.29, 1.82) is 0 Å². The van der Waals surface area contributed by atoms with E-state index in [0.717, 1.165) is 6.42 Å². The molecule has 3 atom stereocenters. The zero-order valence-corrected chi connectivity index (χ0v) is 8.57. The van der Waals surface area contributed by atoms with Crippen LogP contribution in [0, 0.1) is 0 Å². The van der Waals surface area contributed by atoms with Crippen molar-refractivity contribution in [1.82, 2.24) is 5.32 Å². The second-order valence-corrected chi connectivity index (χ2v) is 3.89. The number of ketones is 1. The zero-order valence-electron chi connectivity index (χ0n) is 8.57. The second kappa shape index (κ2) is 5.44. The van der Waals surface area contributed by atoms with Gasteiger partial charge in [0.1, 0.15) is 5.78 Å². The number of aliphatic hydroxyl groups excluding tert-OH is 2. The van der Waals surface area contributed by atoms with Crippen LogP contribution in [0.4, 0.5) is 0 Å². The molecule has 0 amide bonds. The summed E-state index contributed by atoms with van der Waals surface area (Å²) < 4.78 is 0. The van der Waals surface area contributed by atoms with Crippen LogP contribution < -0.4 is 5.32 Å². The SMILES string of the molecule is CCC(=O)C[C@@H]1CC[C@H](O)[C@@H](CO)N1. The normalized spacial score (nSPS) is 32.9. The van der Waals surface area contributed by atoms with E-state index in [4.69, 9.17) is 5.11 Å². The number of rotatable bonds is 4. The largest absolute Gasteiger partial charge is 0.395 e. The molecular formula is C10H19NO3. The van der Waals surface area contributed by atoms with Gasteiger partial charge in [-0.1, -0.05) is 6.92 Å². The van der Waals surface area contributed by atoms with Gasteiger partial charge in [-0.15, -0.1) is 0 Å². The summed E-state index contributed by atoms with van der Waals surface area (Å²) in [5, 5.41) is 21.5. The van der Waals surface area contributed by atoms with Gasteiger partial charge in [0, 0.05) is 18.9 Å². The molecule has 0 unspecified atom stereocenters. The maximum Gasteiger partial charge on any atom is 0.134 e. The number of hydrogen-bond acceptors (Lipinski definition) is 4. The van der Waals surface area contributed by atoms with E-state index in [0.29, 0.717) is 19.3 Å². The Morgan fingerprint density at radius 3 is 2.79 bits per heavy atom. The molecule has 1 rings (SSSR count). The second-order valence-electron chi connectivity index (χ2n) is 3.89. The monoisotopic (exact) mass is 201 g/mol. The average molecular weight is 201 g/mol. The molecule has 0 spiro atoms. The van der Waals surface area contributed by atoms with Gasteiger partial charge in [0.15, 0.2) is 0 Å². The van der Waals surface area contributed by atoms with Crippen molar-refractivity contribution in [2.75, 3.05) is 6.61 Å². The first kappa shape index (κ1) is 11.6. The topological polar surface area (TPSA) is 69.6 Å². The Labute approximate surface area is 84.3 Å². The molecule has 4 heteroatoms. The summed E-state index contributed by atoms with van der Waals surface area (Å²) in [5.74, 6) is 0.232. The van der Waals surface area contributed by atoms with Gasteiger partial charge in [-0.3, -0.25) is 4.79 Å². The Morgan fingerprint density at radius 1 is 1.50 bits per heavy atom. The number of carbonyl (C=O) groups excluding carboxylic acids is 1. The molecule has 0 radical (unpaired) electrons. The summed E-state index contributed by atoms with van der Waals surface area (Å²) >= 11 is 0. The summed E-state index contributed by atoms with van der Waals surface area (Å²) in [5.41, 5.74) is 0. The van der Waals surface area contributed by atoms with E-state index in [1.54, 1.807) is 0 Å². The smallest absolute Gasteiger partial charge is 0.134 e. The van der Waals surface area contributed by atoms with Crippen molar-refractivity contribution in [2.24, 2.45) is 0 Å². The minimum atomic E-state index is -0.479. The molecule has 0 aliphatic carbocycles. The third-order valence-electron chi connectivity index (χ3n) is 2.79. The fourth-order valence-corrected chi connectivity index (χ4v) is 1.82. The molecule has 1 aliphatic rings. The first-order chi connectivity index (χ1) is 6.67. The highest BCUT2D eigenvalue weighted by molar-refractivity contribution is 5.78. The Kier molecular flexibility index (Phi) is 4.51. The average Bonchev–Trinajstić information content (AvgIpc) is 2.20. The standard InChI is InChI=1S/C10H19NO3/c1-2-8(13)5-7-3-4-10(14)9(6-12)11-7/h7,9-12,14H,2-6H2,1H3/t7-,9+,10-/m0/s1. The first-order valence-corrected chi connectivity index (χ1v) is 5.24. The Morgan fingerprint density at radius 2 is 2.21 bits per heavy atom. The van der Waals surface area contributed by atoms with Gasteiger partial charge in [-0.25, -0.2) is 0 Å². The van der Waals surface area contributed by atoms with Crippen LogP contribution >= 0.6 is 0 Å². The van der Waals surface area contributed by atoms with Crippen LogP contribution in [0.15, 0.2) is 0 Å². The van der Waals surface area contributed by atoms with Crippen molar-refractivity contribution < 1.29 is 15.0 Å². The Hall–Kier alpha value is -0.450. The van der Waals surface area contributed by atoms with Crippen LogP contribution in [0.1, 0.15) is 32.6 Å². The van der Waals surface area contributed by atoms with Gasteiger partial charge >= 0.3 is 0 Å². The van der Waals surface area contributed by atoms with Gasteiger partial charge in [0.05, 0.1) is 18.8 Å². The molecule has 0 aromatic rings. The first-order valence-electron chi connectivity index (χ1n) is 5.24. The molecule has 1 fully saturated rings. The summed E-state index contributed by atoms with van der Waals surface area (Å²) in [7, 11) is 0. The highest BCUT2D eigenvalue weighted by Gasteiger charge is 2.28. The van der Waals surface area contributed by atoms with Gasteiger partial charge in [0.25, 0.3) is 0 Å². The van der Waals surface area contributed by atoms with Crippen molar-refractivity contribution >= 4 is 5.78 Å². The third kappa shape index (κ3) is 3.04. The van der Waals surface area contributed by atoms with E-state index < -0.39 is 6.10 Å². The lowest BCUT2D eigenvalue weighted by Crippen LogP contribution is -2.52. The molecule has 0 aromatic heterocycles. The van der Waals surface area contributed by atoms with Crippen LogP contribution in [0.3, 0.4) is 0 Å². The Balaban J connectivity index is 2.38.